The van der Waals surface area contributed by atoms with Crippen molar-refractivity contribution in [3.05, 3.63) is 28.2 Å². The maximum absolute atomic E-state index is 5.64. The number of rotatable bonds is 8. The molecule has 1 aromatic rings. The van der Waals surface area contributed by atoms with E-state index in [2.05, 4.69) is 35.1 Å². The van der Waals surface area contributed by atoms with Gasteiger partial charge in [-0.3, -0.25) is 0 Å². The van der Waals surface area contributed by atoms with E-state index in [1.165, 1.54) is 25.7 Å². The van der Waals surface area contributed by atoms with Gasteiger partial charge in [0, 0.05) is 22.3 Å². The Morgan fingerprint density at radius 1 is 1.42 bits per heavy atom. The number of hydrogen-bond donors (Lipinski definition) is 2. The van der Waals surface area contributed by atoms with Crippen LogP contribution in [0.5, 0.6) is 0 Å². The van der Waals surface area contributed by atoms with Crippen LogP contribution in [0.15, 0.2) is 22.7 Å². The van der Waals surface area contributed by atoms with Crippen molar-refractivity contribution in [2.45, 2.75) is 39.5 Å². The Balaban J connectivity index is 2.57. The summed E-state index contributed by atoms with van der Waals surface area (Å²) >= 11 is 8.50. The third-order valence-electron chi connectivity index (χ3n) is 3.37. The first kappa shape index (κ1) is 16.4. The van der Waals surface area contributed by atoms with Gasteiger partial charge in [-0.2, -0.15) is 0 Å². The Kier molecular flexibility index (Phi) is 7.39. The van der Waals surface area contributed by atoms with Crippen LogP contribution in [0.3, 0.4) is 0 Å². The number of nitrogens with one attached hydrogen (secondary N) is 1. The number of anilines is 1. The van der Waals surface area contributed by atoms with Crippen LogP contribution >= 0.6 is 28.1 Å². The summed E-state index contributed by atoms with van der Waals surface area (Å²) in [6.07, 6.45) is 5.10. The van der Waals surface area contributed by atoms with E-state index < -0.39 is 0 Å². The third kappa shape index (κ3) is 5.49. The summed E-state index contributed by atoms with van der Waals surface area (Å²) in [6.45, 7) is 5.52. The van der Waals surface area contributed by atoms with Crippen LogP contribution in [-0.2, 0) is 0 Å². The van der Waals surface area contributed by atoms with Crippen molar-refractivity contribution >= 4 is 38.8 Å². The number of nitrogens with two attached hydrogens (primary N) is 1. The monoisotopic (exact) mass is 342 g/mol. The van der Waals surface area contributed by atoms with E-state index in [1.54, 1.807) is 0 Å². The average molecular weight is 343 g/mol. The molecular weight excluding hydrogens is 320 g/mol. The topological polar surface area (TPSA) is 38.0 Å². The van der Waals surface area contributed by atoms with Crippen molar-refractivity contribution in [2.24, 2.45) is 11.7 Å². The molecule has 0 bridgehead atoms. The van der Waals surface area contributed by atoms with Crippen molar-refractivity contribution in [2.75, 3.05) is 11.9 Å². The van der Waals surface area contributed by atoms with Crippen LogP contribution in [0.4, 0.5) is 5.69 Å². The maximum atomic E-state index is 5.64. The summed E-state index contributed by atoms with van der Waals surface area (Å²) in [7, 11) is 0. The Labute approximate surface area is 130 Å². The molecule has 106 valence electrons. The first-order valence-corrected chi connectivity index (χ1v) is 8.11. The summed E-state index contributed by atoms with van der Waals surface area (Å²) in [5.41, 5.74) is 7.64. The molecule has 0 heterocycles. The van der Waals surface area contributed by atoms with Crippen molar-refractivity contribution < 1.29 is 0 Å². The first-order chi connectivity index (χ1) is 9.08. The van der Waals surface area contributed by atoms with Crippen molar-refractivity contribution in [1.29, 1.82) is 0 Å². The summed E-state index contributed by atoms with van der Waals surface area (Å²) in [5.74, 6) is 0.744. The number of thiocarbonyl (C=S) groups is 1. The van der Waals surface area contributed by atoms with Gasteiger partial charge in [-0.25, -0.2) is 0 Å². The summed E-state index contributed by atoms with van der Waals surface area (Å²) in [5, 5.41) is 3.50. The van der Waals surface area contributed by atoms with E-state index in [1.807, 2.05) is 18.2 Å². The molecule has 0 aliphatic carbocycles. The summed E-state index contributed by atoms with van der Waals surface area (Å²) in [6, 6.07) is 6.04. The van der Waals surface area contributed by atoms with E-state index in [0.717, 1.165) is 28.2 Å². The second-order valence-electron chi connectivity index (χ2n) is 4.86. The molecule has 3 N–H and O–H groups in total. The molecular formula is C15H23BrN2S. The summed E-state index contributed by atoms with van der Waals surface area (Å²) < 4.78 is 0.951. The van der Waals surface area contributed by atoms with E-state index >= 15 is 0 Å². The van der Waals surface area contributed by atoms with Crippen molar-refractivity contribution in [1.82, 2.24) is 0 Å². The van der Waals surface area contributed by atoms with Crippen molar-refractivity contribution in [3.63, 3.8) is 0 Å². The lowest BCUT2D eigenvalue weighted by Crippen LogP contribution is -2.14. The fourth-order valence-corrected chi connectivity index (χ4v) is 2.93. The minimum Gasteiger partial charge on any atom is -0.389 e. The van der Waals surface area contributed by atoms with Gasteiger partial charge in [0.05, 0.1) is 0 Å². The zero-order valence-electron chi connectivity index (χ0n) is 11.7. The highest BCUT2D eigenvalue weighted by Crippen LogP contribution is 2.22. The largest absolute Gasteiger partial charge is 0.389 e. The number of halogens is 1. The highest BCUT2D eigenvalue weighted by Gasteiger charge is 2.07. The zero-order valence-corrected chi connectivity index (χ0v) is 14.1. The lowest BCUT2D eigenvalue weighted by Gasteiger charge is -2.16. The second-order valence-corrected chi connectivity index (χ2v) is 6.15. The second kappa shape index (κ2) is 8.54. The highest BCUT2D eigenvalue weighted by atomic mass is 79.9. The molecule has 0 aliphatic heterocycles. The fraction of sp³-hybridized carbons (Fsp3) is 0.533. The van der Waals surface area contributed by atoms with Crippen LogP contribution in [-0.4, -0.2) is 11.5 Å². The Morgan fingerprint density at radius 3 is 2.68 bits per heavy atom. The van der Waals surface area contributed by atoms with E-state index in [4.69, 9.17) is 18.0 Å². The molecule has 2 nitrogen and oxygen atoms in total. The number of hydrogen-bond acceptors (Lipinski definition) is 2. The molecule has 0 amide bonds. The Hall–Kier alpha value is -0.610. The predicted molar refractivity (Wildman–Crippen MR) is 91.8 cm³/mol. The van der Waals surface area contributed by atoms with Gasteiger partial charge in [-0.05, 0) is 46.5 Å². The Bertz CT molecular complexity index is 421. The molecule has 0 saturated heterocycles. The third-order valence-corrected chi connectivity index (χ3v) is 4.25. The first-order valence-electron chi connectivity index (χ1n) is 6.91. The van der Waals surface area contributed by atoms with Gasteiger partial charge in [-0.15, -0.1) is 0 Å². The van der Waals surface area contributed by atoms with E-state index in [9.17, 15) is 0 Å². The number of unbranched alkanes of at least 4 members (excludes halogenated alkanes) is 1. The SMILES string of the molecule is CCCCC(CC)CNc1ccc(C(N)=S)c(Br)c1. The van der Waals surface area contributed by atoms with Gasteiger partial charge >= 0.3 is 0 Å². The molecule has 4 heteroatoms. The van der Waals surface area contributed by atoms with Crippen LogP contribution < -0.4 is 11.1 Å². The lowest BCUT2D eigenvalue weighted by atomic mass is 9.99. The molecule has 0 radical (unpaired) electrons. The molecule has 1 unspecified atom stereocenters. The van der Waals surface area contributed by atoms with Crippen molar-refractivity contribution in [3.8, 4) is 0 Å². The van der Waals surface area contributed by atoms with Crippen LogP contribution in [0.1, 0.15) is 45.1 Å². The van der Waals surface area contributed by atoms with Gasteiger partial charge < -0.3 is 11.1 Å². The van der Waals surface area contributed by atoms with Crippen LogP contribution in [0.25, 0.3) is 0 Å². The molecule has 0 aromatic heterocycles. The molecule has 19 heavy (non-hydrogen) atoms. The van der Waals surface area contributed by atoms with Gasteiger partial charge in [0.25, 0.3) is 0 Å². The smallest absolute Gasteiger partial charge is 0.105 e. The molecule has 0 aliphatic rings. The van der Waals surface area contributed by atoms with E-state index in [-0.39, 0.29) is 0 Å². The van der Waals surface area contributed by atoms with Gasteiger partial charge in [0.1, 0.15) is 4.99 Å². The molecule has 1 rings (SSSR count). The predicted octanol–water partition coefficient (Wildman–Crippen LogP) is 4.71. The standard InChI is InChI=1S/C15H23BrN2S/c1-3-5-6-11(4-2)10-18-12-7-8-13(15(17)19)14(16)9-12/h7-9,11,18H,3-6,10H2,1-2H3,(H2,17,19). The van der Waals surface area contributed by atoms with Gasteiger partial charge in [-0.1, -0.05) is 45.3 Å². The quantitative estimate of drug-likeness (QED) is 0.671. The molecule has 0 spiro atoms. The summed E-state index contributed by atoms with van der Waals surface area (Å²) in [4.78, 5) is 0.424. The highest BCUT2D eigenvalue weighted by molar-refractivity contribution is 9.10. The molecule has 1 aromatic carbocycles. The van der Waals surface area contributed by atoms with Gasteiger partial charge in [0.2, 0.25) is 0 Å². The fourth-order valence-electron chi connectivity index (χ4n) is 2.03. The van der Waals surface area contributed by atoms with Gasteiger partial charge in [0.15, 0.2) is 0 Å². The normalized spacial score (nSPS) is 12.2. The van der Waals surface area contributed by atoms with Crippen LogP contribution in [0.2, 0.25) is 0 Å². The van der Waals surface area contributed by atoms with Crippen LogP contribution in [0, 0.1) is 5.92 Å². The Morgan fingerprint density at radius 2 is 2.16 bits per heavy atom. The minimum atomic E-state index is 0.424. The maximum Gasteiger partial charge on any atom is 0.105 e. The lowest BCUT2D eigenvalue weighted by molar-refractivity contribution is 0.473. The van der Waals surface area contributed by atoms with E-state index in [0.29, 0.717) is 4.99 Å². The minimum absolute atomic E-state index is 0.424. The average Bonchev–Trinajstić information content (AvgIpc) is 2.38. The molecule has 1 atom stereocenters. The molecule has 0 fully saturated rings. The molecule has 0 saturated carbocycles. The zero-order chi connectivity index (χ0) is 14.3. The number of benzene rings is 1.